The smallest absolute Gasteiger partial charge is 0.123 e. The van der Waals surface area contributed by atoms with Gasteiger partial charge in [0, 0.05) is 5.69 Å². The molecule has 106 valence electrons. The van der Waals surface area contributed by atoms with Gasteiger partial charge in [-0.25, -0.2) is 4.39 Å². The SMILES string of the molecule is CCC(Nc1c(C)cc(C)cc1C)c1cccc(F)c1. The van der Waals surface area contributed by atoms with E-state index in [2.05, 4.69) is 45.1 Å². The third-order valence-corrected chi connectivity index (χ3v) is 3.65. The Labute approximate surface area is 120 Å². The Kier molecular flexibility index (Phi) is 4.43. The highest BCUT2D eigenvalue weighted by Crippen LogP contribution is 2.28. The van der Waals surface area contributed by atoms with Crippen LogP contribution in [-0.4, -0.2) is 0 Å². The zero-order valence-electron chi connectivity index (χ0n) is 12.6. The monoisotopic (exact) mass is 271 g/mol. The fourth-order valence-corrected chi connectivity index (χ4v) is 2.73. The standard InChI is InChI=1S/C18H22FN/c1-5-17(15-7-6-8-16(19)11-15)20-18-13(3)9-12(2)10-14(18)4/h6-11,17,20H,5H2,1-4H3. The largest absolute Gasteiger partial charge is 0.378 e. The topological polar surface area (TPSA) is 12.0 Å². The molecule has 0 aliphatic carbocycles. The second-order valence-corrected chi connectivity index (χ2v) is 5.43. The van der Waals surface area contributed by atoms with Crippen LogP contribution in [0.4, 0.5) is 10.1 Å². The summed E-state index contributed by atoms with van der Waals surface area (Å²) in [5.74, 6) is -0.180. The van der Waals surface area contributed by atoms with Crippen molar-refractivity contribution in [2.24, 2.45) is 0 Å². The molecule has 0 radical (unpaired) electrons. The highest BCUT2D eigenvalue weighted by molar-refractivity contribution is 5.59. The Morgan fingerprint density at radius 3 is 2.25 bits per heavy atom. The van der Waals surface area contributed by atoms with Crippen molar-refractivity contribution in [1.82, 2.24) is 0 Å². The maximum absolute atomic E-state index is 13.4. The van der Waals surface area contributed by atoms with Gasteiger partial charge in [-0.15, -0.1) is 0 Å². The first kappa shape index (κ1) is 14.6. The van der Waals surface area contributed by atoms with Crippen LogP contribution in [0.1, 0.15) is 41.6 Å². The third kappa shape index (κ3) is 3.19. The molecule has 20 heavy (non-hydrogen) atoms. The second-order valence-electron chi connectivity index (χ2n) is 5.43. The number of nitrogens with one attached hydrogen (secondary N) is 1. The minimum absolute atomic E-state index is 0.130. The van der Waals surface area contributed by atoms with Crippen LogP contribution in [-0.2, 0) is 0 Å². The molecule has 0 aromatic heterocycles. The minimum atomic E-state index is -0.180. The molecule has 1 N–H and O–H groups in total. The third-order valence-electron chi connectivity index (χ3n) is 3.65. The van der Waals surface area contributed by atoms with Crippen LogP contribution < -0.4 is 5.32 Å². The van der Waals surface area contributed by atoms with Crippen molar-refractivity contribution >= 4 is 5.69 Å². The molecule has 0 heterocycles. The Morgan fingerprint density at radius 1 is 1.05 bits per heavy atom. The summed E-state index contributed by atoms with van der Waals surface area (Å²) in [7, 11) is 0. The van der Waals surface area contributed by atoms with Gasteiger partial charge in [-0.1, -0.05) is 36.8 Å². The molecule has 0 saturated heterocycles. The average molecular weight is 271 g/mol. The van der Waals surface area contributed by atoms with Gasteiger partial charge in [0.15, 0.2) is 0 Å². The molecule has 2 aromatic carbocycles. The number of aryl methyl sites for hydroxylation is 3. The van der Waals surface area contributed by atoms with Crippen molar-refractivity contribution in [2.75, 3.05) is 5.32 Å². The van der Waals surface area contributed by atoms with Crippen LogP contribution >= 0.6 is 0 Å². The number of anilines is 1. The molecule has 0 aliphatic heterocycles. The molecule has 0 spiro atoms. The number of benzene rings is 2. The molecule has 2 rings (SSSR count). The maximum Gasteiger partial charge on any atom is 0.123 e. The van der Waals surface area contributed by atoms with Crippen LogP contribution in [0.2, 0.25) is 0 Å². The average Bonchev–Trinajstić information content (AvgIpc) is 2.38. The van der Waals surface area contributed by atoms with Crippen LogP contribution in [0.5, 0.6) is 0 Å². The lowest BCUT2D eigenvalue weighted by molar-refractivity contribution is 0.620. The highest BCUT2D eigenvalue weighted by Gasteiger charge is 2.12. The van der Waals surface area contributed by atoms with Gasteiger partial charge < -0.3 is 5.32 Å². The van der Waals surface area contributed by atoms with E-state index in [1.54, 1.807) is 12.1 Å². The molecule has 1 nitrogen and oxygen atoms in total. The molecule has 2 heteroatoms. The predicted molar refractivity (Wildman–Crippen MR) is 83.7 cm³/mol. The van der Waals surface area contributed by atoms with Crippen molar-refractivity contribution in [3.63, 3.8) is 0 Å². The fourth-order valence-electron chi connectivity index (χ4n) is 2.73. The summed E-state index contributed by atoms with van der Waals surface area (Å²) in [4.78, 5) is 0. The van der Waals surface area contributed by atoms with E-state index in [0.717, 1.165) is 17.7 Å². The van der Waals surface area contributed by atoms with Gasteiger partial charge in [0.1, 0.15) is 5.82 Å². The summed E-state index contributed by atoms with van der Waals surface area (Å²) < 4.78 is 13.4. The molecule has 0 saturated carbocycles. The van der Waals surface area contributed by atoms with Crippen molar-refractivity contribution in [3.05, 3.63) is 64.5 Å². The van der Waals surface area contributed by atoms with Gasteiger partial charge in [0.25, 0.3) is 0 Å². The number of hydrogen-bond donors (Lipinski definition) is 1. The first-order chi connectivity index (χ1) is 9.51. The fraction of sp³-hybridized carbons (Fsp3) is 0.333. The van der Waals surface area contributed by atoms with E-state index < -0.39 is 0 Å². The van der Waals surface area contributed by atoms with E-state index in [1.807, 2.05) is 6.07 Å². The molecule has 1 atom stereocenters. The Bertz CT molecular complexity index is 581. The number of hydrogen-bond acceptors (Lipinski definition) is 1. The van der Waals surface area contributed by atoms with Crippen LogP contribution in [0, 0.1) is 26.6 Å². The van der Waals surface area contributed by atoms with E-state index in [-0.39, 0.29) is 11.9 Å². The van der Waals surface area contributed by atoms with E-state index >= 15 is 0 Å². The lowest BCUT2D eigenvalue weighted by Gasteiger charge is -2.22. The summed E-state index contributed by atoms with van der Waals surface area (Å²) in [5, 5.41) is 3.57. The molecule has 0 aliphatic rings. The second kappa shape index (κ2) is 6.08. The summed E-state index contributed by atoms with van der Waals surface area (Å²) in [6.07, 6.45) is 0.913. The predicted octanol–water partition coefficient (Wildman–Crippen LogP) is 5.31. The Balaban J connectivity index is 2.32. The summed E-state index contributed by atoms with van der Waals surface area (Å²) >= 11 is 0. The highest BCUT2D eigenvalue weighted by atomic mass is 19.1. The Hall–Kier alpha value is -1.83. The minimum Gasteiger partial charge on any atom is -0.378 e. The molecular weight excluding hydrogens is 249 g/mol. The normalized spacial score (nSPS) is 12.2. The summed E-state index contributed by atoms with van der Waals surface area (Å²) in [5.41, 5.74) is 5.89. The van der Waals surface area contributed by atoms with E-state index in [1.165, 1.54) is 22.8 Å². The molecular formula is C18H22FN. The number of rotatable bonds is 4. The molecule has 0 bridgehead atoms. The molecule has 0 fully saturated rings. The first-order valence-corrected chi connectivity index (χ1v) is 7.11. The molecule has 0 amide bonds. The van der Waals surface area contributed by atoms with E-state index in [0.29, 0.717) is 0 Å². The van der Waals surface area contributed by atoms with Crippen molar-refractivity contribution in [2.45, 2.75) is 40.2 Å². The maximum atomic E-state index is 13.4. The van der Waals surface area contributed by atoms with E-state index in [9.17, 15) is 4.39 Å². The van der Waals surface area contributed by atoms with Crippen LogP contribution in [0.15, 0.2) is 36.4 Å². The Morgan fingerprint density at radius 2 is 1.70 bits per heavy atom. The van der Waals surface area contributed by atoms with Crippen molar-refractivity contribution in [1.29, 1.82) is 0 Å². The number of halogens is 1. The van der Waals surface area contributed by atoms with Crippen LogP contribution in [0.25, 0.3) is 0 Å². The molecule has 2 aromatic rings. The quantitative estimate of drug-likeness (QED) is 0.794. The summed E-state index contributed by atoms with van der Waals surface area (Å²) in [6.45, 7) is 8.44. The zero-order chi connectivity index (χ0) is 14.7. The van der Waals surface area contributed by atoms with Gasteiger partial charge in [-0.3, -0.25) is 0 Å². The zero-order valence-corrected chi connectivity index (χ0v) is 12.6. The van der Waals surface area contributed by atoms with Gasteiger partial charge in [0.05, 0.1) is 6.04 Å². The summed E-state index contributed by atoms with van der Waals surface area (Å²) in [6, 6.07) is 11.3. The van der Waals surface area contributed by atoms with Crippen molar-refractivity contribution in [3.8, 4) is 0 Å². The lowest BCUT2D eigenvalue weighted by atomic mass is 10.0. The van der Waals surface area contributed by atoms with E-state index in [4.69, 9.17) is 0 Å². The van der Waals surface area contributed by atoms with Gasteiger partial charge in [-0.2, -0.15) is 0 Å². The van der Waals surface area contributed by atoms with Crippen LogP contribution in [0.3, 0.4) is 0 Å². The van der Waals surface area contributed by atoms with Crippen molar-refractivity contribution < 1.29 is 4.39 Å². The van der Waals surface area contributed by atoms with Gasteiger partial charge in [-0.05, 0) is 56.0 Å². The van der Waals surface area contributed by atoms with Gasteiger partial charge >= 0.3 is 0 Å². The molecule has 1 unspecified atom stereocenters. The first-order valence-electron chi connectivity index (χ1n) is 7.11. The van der Waals surface area contributed by atoms with Gasteiger partial charge in [0.2, 0.25) is 0 Å². The lowest BCUT2D eigenvalue weighted by Crippen LogP contribution is -2.12.